The smallest absolute Gasteiger partial charge is 0.406 e. The lowest BCUT2D eigenvalue weighted by molar-refractivity contribution is -0.274. The van der Waals surface area contributed by atoms with Crippen LogP contribution in [0.1, 0.15) is 50.8 Å². The molecule has 2 heterocycles. The van der Waals surface area contributed by atoms with Crippen molar-refractivity contribution in [1.82, 2.24) is 4.98 Å². The van der Waals surface area contributed by atoms with Crippen molar-refractivity contribution >= 4 is 17.4 Å². The zero-order chi connectivity index (χ0) is 25.1. The lowest BCUT2D eigenvalue weighted by Gasteiger charge is -2.23. The minimum absolute atomic E-state index is 0.0723. The molecule has 1 N–H and O–H groups in total. The Balaban J connectivity index is 1.66. The van der Waals surface area contributed by atoms with Gasteiger partial charge >= 0.3 is 6.36 Å². The number of carbonyl (C=O) groups is 1. The van der Waals surface area contributed by atoms with E-state index in [1.54, 1.807) is 25.1 Å². The van der Waals surface area contributed by atoms with Crippen molar-refractivity contribution in [3.8, 4) is 5.75 Å². The summed E-state index contributed by atoms with van der Waals surface area (Å²) in [6, 6.07) is 7.31. The molecule has 34 heavy (non-hydrogen) atoms. The van der Waals surface area contributed by atoms with Crippen LogP contribution in [0.5, 0.6) is 5.75 Å². The molecule has 1 aromatic heterocycles. The van der Waals surface area contributed by atoms with E-state index in [0.717, 1.165) is 5.56 Å². The largest absolute Gasteiger partial charge is 0.573 e. The first-order valence-corrected chi connectivity index (χ1v) is 11.0. The molecule has 0 bridgehead atoms. The maximum atomic E-state index is 14.8. The van der Waals surface area contributed by atoms with E-state index in [1.165, 1.54) is 12.1 Å². The number of rotatable bonds is 5. The number of pyridine rings is 1. The molecular weight excluding hydrogens is 454 g/mol. The van der Waals surface area contributed by atoms with Gasteiger partial charge in [-0.05, 0) is 48.1 Å². The number of nitrogens with zero attached hydrogens (tertiary/aromatic N) is 2. The molecule has 1 atom stereocenters. The van der Waals surface area contributed by atoms with Crippen molar-refractivity contribution < 1.29 is 31.8 Å². The second-order valence-corrected chi connectivity index (χ2v) is 9.50. The zero-order valence-electron chi connectivity index (χ0n) is 19.6. The Labute approximate surface area is 196 Å². The van der Waals surface area contributed by atoms with Crippen LogP contribution in [-0.2, 0) is 9.53 Å². The minimum atomic E-state index is -4.74. The molecule has 10 heteroatoms. The molecule has 1 aliphatic rings. The fraction of sp³-hybridized carbons (Fsp3) is 0.500. The summed E-state index contributed by atoms with van der Waals surface area (Å²) in [5.74, 6) is -0.890. The molecule has 1 fully saturated rings. The molecule has 1 amide bonds. The van der Waals surface area contributed by atoms with E-state index in [9.17, 15) is 22.4 Å². The topological polar surface area (TPSA) is 63.7 Å². The first-order chi connectivity index (χ1) is 15.8. The molecule has 0 spiro atoms. The van der Waals surface area contributed by atoms with E-state index >= 15 is 0 Å². The average molecular weight is 484 g/mol. The number of hydrogen-bond donors (Lipinski definition) is 1. The average Bonchev–Trinajstić information content (AvgIpc) is 2.95. The minimum Gasteiger partial charge on any atom is -0.406 e. The van der Waals surface area contributed by atoms with E-state index in [2.05, 4.69) is 15.0 Å². The fourth-order valence-electron chi connectivity index (χ4n) is 3.74. The van der Waals surface area contributed by atoms with Crippen LogP contribution in [0.25, 0.3) is 0 Å². The van der Waals surface area contributed by atoms with Gasteiger partial charge in [0.25, 0.3) is 0 Å². The van der Waals surface area contributed by atoms with Crippen molar-refractivity contribution in [2.75, 3.05) is 29.9 Å². The summed E-state index contributed by atoms with van der Waals surface area (Å²) < 4.78 is 61.6. The number of halogens is 4. The van der Waals surface area contributed by atoms with Crippen LogP contribution in [-0.4, -0.2) is 36.9 Å². The lowest BCUT2D eigenvalue weighted by atomic mass is 9.92. The summed E-state index contributed by atoms with van der Waals surface area (Å²) in [5, 5.41) is 2.62. The van der Waals surface area contributed by atoms with Crippen molar-refractivity contribution in [3.05, 3.63) is 47.4 Å². The second-order valence-electron chi connectivity index (χ2n) is 9.50. The van der Waals surface area contributed by atoms with Gasteiger partial charge < -0.3 is 19.7 Å². The van der Waals surface area contributed by atoms with E-state index < -0.39 is 12.3 Å². The van der Waals surface area contributed by atoms with Gasteiger partial charge in [0, 0.05) is 19.5 Å². The van der Waals surface area contributed by atoms with Crippen LogP contribution >= 0.6 is 0 Å². The Morgan fingerprint density at radius 1 is 1.21 bits per heavy atom. The number of nitrogens with one attached hydrogen (secondary N) is 1. The number of amides is 1. The third-order valence-electron chi connectivity index (χ3n) is 5.27. The lowest BCUT2D eigenvalue weighted by Crippen LogP contribution is -2.27. The Morgan fingerprint density at radius 3 is 2.47 bits per heavy atom. The summed E-state index contributed by atoms with van der Waals surface area (Å²) in [6.45, 7) is 8.80. The van der Waals surface area contributed by atoms with Gasteiger partial charge in [0.2, 0.25) is 11.9 Å². The Morgan fingerprint density at radius 2 is 1.88 bits per heavy atom. The standard InChI is InChI=1S/C24H29F4N3O3/c1-15-13-19(29-22(25)21(15)30-20(32)14-23(2,3)4)31-10-9-18(33-12-11-31)16-5-7-17(8-6-16)34-24(26,27)28/h5-8,13,18H,9-12,14H2,1-4H3,(H,30,32)/t18-/m0/s1. The Bertz CT molecular complexity index is 981. The molecular formula is C24H29F4N3O3. The molecule has 0 radical (unpaired) electrons. The van der Waals surface area contributed by atoms with E-state index in [4.69, 9.17) is 4.74 Å². The predicted octanol–water partition coefficient (Wildman–Crippen LogP) is 5.77. The van der Waals surface area contributed by atoms with Crippen LogP contribution in [0.4, 0.5) is 29.1 Å². The number of aryl methyl sites for hydroxylation is 1. The summed E-state index contributed by atoms with van der Waals surface area (Å²) in [6.07, 6.45) is -4.29. The van der Waals surface area contributed by atoms with E-state index in [0.29, 0.717) is 37.5 Å². The van der Waals surface area contributed by atoms with Gasteiger partial charge in [-0.25, -0.2) is 4.98 Å². The number of carbonyl (C=O) groups excluding carboxylic acids is 1. The molecule has 0 saturated carbocycles. The molecule has 1 aliphatic heterocycles. The molecule has 0 aliphatic carbocycles. The molecule has 3 rings (SSSR count). The number of ether oxygens (including phenoxy) is 2. The number of aromatic nitrogens is 1. The molecule has 2 aromatic rings. The van der Waals surface area contributed by atoms with E-state index in [1.807, 2.05) is 25.7 Å². The normalized spacial score (nSPS) is 17.3. The van der Waals surface area contributed by atoms with Gasteiger partial charge in [-0.1, -0.05) is 32.9 Å². The van der Waals surface area contributed by atoms with Crippen LogP contribution in [0.3, 0.4) is 0 Å². The van der Waals surface area contributed by atoms with Crippen molar-refractivity contribution in [1.29, 1.82) is 0 Å². The van der Waals surface area contributed by atoms with Gasteiger partial charge in [-0.3, -0.25) is 4.79 Å². The zero-order valence-corrected chi connectivity index (χ0v) is 19.6. The third-order valence-corrected chi connectivity index (χ3v) is 5.27. The fourth-order valence-corrected chi connectivity index (χ4v) is 3.74. The van der Waals surface area contributed by atoms with Gasteiger partial charge in [0.1, 0.15) is 11.6 Å². The number of anilines is 2. The van der Waals surface area contributed by atoms with Crippen LogP contribution in [0.2, 0.25) is 0 Å². The second kappa shape index (κ2) is 10.2. The van der Waals surface area contributed by atoms with Gasteiger partial charge in [-0.2, -0.15) is 4.39 Å². The van der Waals surface area contributed by atoms with Gasteiger partial charge in [0.15, 0.2) is 0 Å². The highest BCUT2D eigenvalue weighted by Crippen LogP contribution is 2.30. The molecule has 1 saturated heterocycles. The quantitative estimate of drug-likeness (QED) is 0.432. The highest BCUT2D eigenvalue weighted by atomic mass is 19.4. The highest BCUT2D eigenvalue weighted by Gasteiger charge is 2.31. The third kappa shape index (κ3) is 7.31. The SMILES string of the molecule is Cc1cc(N2CCO[C@H](c3ccc(OC(F)(F)F)cc3)CC2)nc(F)c1NC(=O)CC(C)(C)C. The van der Waals surface area contributed by atoms with Crippen LogP contribution < -0.4 is 15.0 Å². The van der Waals surface area contributed by atoms with Crippen molar-refractivity contribution in [2.45, 2.75) is 53.0 Å². The van der Waals surface area contributed by atoms with Crippen molar-refractivity contribution in [2.24, 2.45) is 5.41 Å². The summed E-state index contributed by atoms with van der Waals surface area (Å²) >= 11 is 0. The first-order valence-electron chi connectivity index (χ1n) is 11.0. The highest BCUT2D eigenvalue weighted by molar-refractivity contribution is 5.92. The predicted molar refractivity (Wildman–Crippen MR) is 120 cm³/mol. The van der Waals surface area contributed by atoms with Gasteiger partial charge in [-0.15, -0.1) is 13.2 Å². The first kappa shape index (κ1) is 25.7. The summed E-state index contributed by atoms with van der Waals surface area (Å²) in [4.78, 5) is 18.2. The van der Waals surface area contributed by atoms with E-state index in [-0.39, 0.29) is 35.3 Å². The maximum absolute atomic E-state index is 14.8. The number of alkyl halides is 3. The number of hydrogen-bond acceptors (Lipinski definition) is 5. The Kier molecular flexibility index (Phi) is 7.70. The van der Waals surface area contributed by atoms with Gasteiger partial charge in [0.05, 0.1) is 18.4 Å². The monoisotopic (exact) mass is 483 g/mol. The molecule has 1 aromatic carbocycles. The van der Waals surface area contributed by atoms with Crippen molar-refractivity contribution in [3.63, 3.8) is 0 Å². The van der Waals surface area contributed by atoms with Crippen LogP contribution in [0, 0.1) is 18.3 Å². The van der Waals surface area contributed by atoms with Crippen LogP contribution in [0.15, 0.2) is 30.3 Å². The maximum Gasteiger partial charge on any atom is 0.573 e. The Hall–Kier alpha value is -2.88. The summed E-state index contributed by atoms with van der Waals surface area (Å²) in [5.41, 5.74) is 1.13. The number of benzene rings is 1. The molecule has 186 valence electrons. The molecule has 6 nitrogen and oxygen atoms in total. The molecule has 0 unspecified atom stereocenters. The summed E-state index contributed by atoms with van der Waals surface area (Å²) in [7, 11) is 0.